The fourth-order valence-corrected chi connectivity index (χ4v) is 1.80. The highest BCUT2D eigenvalue weighted by Crippen LogP contribution is 2.26. The van der Waals surface area contributed by atoms with Gasteiger partial charge in [-0.05, 0) is 42.3 Å². The Morgan fingerprint density at radius 1 is 1.12 bits per heavy atom. The number of nitrogens with two attached hydrogens (primary N) is 1. The first-order chi connectivity index (χ1) is 8.20. The molecule has 3 N–H and O–H groups in total. The summed E-state index contributed by atoms with van der Waals surface area (Å²) in [6.45, 7) is 2.56. The van der Waals surface area contributed by atoms with Crippen LogP contribution in [0.1, 0.15) is 11.1 Å². The molecule has 2 rings (SSSR count). The van der Waals surface area contributed by atoms with Gasteiger partial charge in [-0.1, -0.05) is 29.8 Å². The van der Waals surface area contributed by atoms with Crippen molar-refractivity contribution >= 4 is 23.0 Å². The lowest BCUT2D eigenvalue weighted by atomic mass is 10.1. The maximum Gasteiger partial charge on any atom is 0.0455 e. The lowest BCUT2D eigenvalue weighted by Gasteiger charge is -2.10. The number of hydrogen-bond donors (Lipinski definition) is 2. The van der Waals surface area contributed by atoms with Crippen LogP contribution in [0, 0.1) is 6.92 Å². The molecule has 0 bridgehead atoms. The molecule has 0 fully saturated rings. The lowest BCUT2D eigenvalue weighted by Crippen LogP contribution is -1.97. The van der Waals surface area contributed by atoms with E-state index < -0.39 is 0 Å². The maximum atomic E-state index is 6.07. The fourth-order valence-electron chi connectivity index (χ4n) is 1.62. The predicted octanol–water partition coefficient (Wildman–Crippen LogP) is 3.85. The third kappa shape index (κ3) is 2.78. The summed E-state index contributed by atoms with van der Waals surface area (Å²) < 4.78 is 0. The molecule has 88 valence electrons. The van der Waals surface area contributed by atoms with Crippen LogP contribution in [-0.2, 0) is 6.54 Å². The molecule has 0 amide bonds. The third-order valence-corrected chi connectivity index (χ3v) is 3.15. The Kier molecular flexibility index (Phi) is 3.67. The summed E-state index contributed by atoms with van der Waals surface area (Å²) in [6, 6.07) is 13.9. The van der Waals surface area contributed by atoms with Crippen molar-refractivity contribution < 1.29 is 0 Å². The van der Waals surface area contributed by atoms with Crippen molar-refractivity contribution in [2.45, 2.75) is 13.5 Å². The van der Waals surface area contributed by atoms with Crippen LogP contribution in [0.25, 0.3) is 0 Å². The fraction of sp³-hybridized carbons (Fsp3) is 0.143. The molecular weight excluding hydrogens is 232 g/mol. The quantitative estimate of drug-likeness (QED) is 0.863. The van der Waals surface area contributed by atoms with Gasteiger partial charge >= 0.3 is 0 Å². The number of anilines is 2. The molecule has 2 nitrogen and oxygen atoms in total. The van der Waals surface area contributed by atoms with Gasteiger partial charge in [-0.25, -0.2) is 0 Å². The van der Waals surface area contributed by atoms with Gasteiger partial charge in [0.15, 0.2) is 0 Å². The number of hydrogen-bond acceptors (Lipinski definition) is 2. The number of nitrogens with one attached hydrogen (secondary N) is 1. The Labute approximate surface area is 106 Å². The first-order valence-electron chi connectivity index (χ1n) is 5.52. The van der Waals surface area contributed by atoms with Gasteiger partial charge in [0.2, 0.25) is 0 Å². The van der Waals surface area contributed by atoms with Crippen molar-refractivity contribution in [3.8, 4) is 0 Å². The minimum Gasteiger partial charge on any atom is -0.355 e. The molecule has 0 atom stereocenters. The maximum absolute atomic E-state index is 6.07. The zero-order valence-corrected chi connectivity index (χ0v) is 10.5. The van der Waals surface area contributed by atoms with Gasteiger partial charge in [0, 0.05) is 22.9 Å². The summed E-state index contributed by atoms with van der Waals surface area (Å²) in [5, 5.41) is 4.11. The molecule has 2 aromatic carbocycles. The van der Waals surface area contributed by atoms with E-state index in [0.29, 0.717) is 6.54 Å². The average Bonchev–Trinajstić information content (AvgIpc) is 2.36. The van der Waals surface area contributed by atoms with E-state index in [1.54, 1.807) is 0 Å². The van der Waals surface area contributed by atoms with E-state index in [4.69, 9.17) is 17.3 Å². The van der Waals surface area contributed by atoms with E-state index in [1.807, 2.05) is 49.4 Å². The summed E-state index contributed by atoms with van der Waals surface area (Å²) >= 11 is 6.07. The second-order valence-electron chi connectivity index (χ2n) is 3.94. The smallest absolute Gasteiger partial charge is 0.0455 e. The first kappa shape index (κ1) is 12.0. The number of rotatable bonds is 3. The van der Waals surface area contributed by atoms with Crippen LogP contribution in [-0.4, -0.2) is 0 Å². The standard InChI is InChI=1S/C14H15ClN2/c1-10-13(15)3-2-4-14(10)17-12-7-5-11(9-16)6-8-12/h2-8,17H,9,16H2,1H3. The molecule has 0 saturated carbocycles. The summed E-state index contributed by atoms with van der Waals surface area (Å²) in [5.74, 6) is 0. The van der Waals surface area contributed by atoms with Crippen molar-refractivity contribution in [3.63, 3.8) is 0 Å². The molecule has 0 radical (unpaired) electrons. The van der Waals surface area contributed by atoms with E-state index in [0.717, 1.165) is 27.5 Å². The van der Waals surface area contributed by atoms with Gasteiger partial charge in [0.05, 0.1) is 0 Å². The monoisotopic (exact) mass is 246 g/mol. The van der Waals surface area contributed by atoms with Crippen LogP contribution >= 0.6 is 11.6 Å². The SMILES string of the molecule is Cc1c(Cl)cccc1Nc1ccc(CN)cc1. The molecule has 0 unspecified atom stereocenters. The Bertz CT molecular complexity index is 506. The highest BCUT2D eigenvalue weighted by molar-refractivity contribution is 6.31. The van der Waals surface area contributed by atoms with E-state index in [2.05, 4.69) is 5.32 Å². The Hall–Kier alpha value is -1.51. The average molecular weight is 247 g/mol. The summed E-state index contributed by atoms with van der Waals surface area (Å²) in [5.41, 5.74) is 9.80. The van der Waals surface area contributed by atoms with Crippen LogP contribution in [0.4, 0.5) is 11.4 Å². The van der Waals surface area contributed by atoms with Crippen molar-refractivity contribution in [3.05, 3.63) is 58.6 Å². The molecule has 17 heavy (non-hydrogen) atoms. The van der Waals surface area contributed by atoms with Crippen LogP contribution in [0.5, 0.6) is 0 Å². The predicted molar refractivity (Wildman–Crippen MR) is 73.8 cm³/mol. The molecule has 0 spiro atoms. The second kappa shape index (κ2) is 5.21. The van der Waals surface area contributed by atoms with Crippen molar-refractivity contribution in [2.75, 3.05) is 5.32 Å². The van der Waals surface area contributed by atoms with Gasteiger partial charge in [-0.15, -0.1) is 0 Å². The summed E-state index contributed by atoms with van der Waals surface area (Å²) in [7, 11) is 0. The zero-order valence-electron chi connectivity index (χ0n) is 9.70. The molecule has 0 saturated heterocycles. The molecule has 0 aromatic heterocycles. The van der Waals surface area contributed by atoms with Crippen LogP contribution in [0.3, 0.4) is 0 Å². The molecule has 2 aromatic rings. The van der Waals surface area contributed by atoms with E-state index in [9.17, 15) is 0 Å². The molecule has 3 heteroatoms. The molecule has 0 aliphatic heterocycles. The minimum atomic E-state index is 0.566. The Morgan fingerprint density at radius 2 is 1.82 bits per heavy atom. The van der Waals surface area contributed by atoms with Crippen molar-refractivity contribution in [2.24, 2.45) is 5.73 Å². The second-order valence-corrected chi connectivity index (χ2v) is 4.35. The van der Waals surface area contributed by atoms with Gasteiger partial charge < -0.3 is 11.1 Å². The largest absolute Gasteiger partial charge is 0.355 e. The highest BCUT2D eigenvalue weighted by atomic mass is 35.5. The number of benzene rings is 2. The van der Waals surface area contributed by atoms with E-state index in [-0.39, 0.29) is 0 Å². The van der Waals surface area contributed by atoms with Gasteiger partial charge in [0.1, 0.15) is 0 Å². The van der Waals surface area contributed by atoms with Crippen LogP contribution in [0.15, 0.2) is 42.5 Å². The van der Waals surface area contributed by atoms with Crippen LogP contribution in [0.2, 0.25) is 5.02 Å². The van der Waals surface area contributed by atoms with Gasteiger partial charge in [0.25, 0.3) is 0 Å². The van der Waals surface area contributed by atoms with Crippen molar-refractivity contribution in [1.82, 2.24) is 0 Å². The zero-order chi connectivity index (χ0) is 12.3. The molecule has 0 aliphatic carbocycles. The Balaban J connectivity index is 2.22. The molecular formula is C14H15ClN2. The van der Waals surface area contributed by atoms with E-state index >= 15 is 0 Å². The Morgan fingerprint density at radius 3 is 2.47 bits per heavy atom. The minimum absolute atomic E-state index is 0.566. The molecule has 0 aliphatic rings. The highest BCUT2D eigenvalue weighted by Gasteiger charge is 2.02. The van der Waals surface area contributed by atoms with Crippen LogP contribution < -0.4 is 11.1 Å². The normalized spacial score (nSPS) is 10.3. The summed E-state index contributed by atoms with van der Waals surface area (Å²) in [6.07, 6.45) is 0. The van der Waals surface area contributed by atoms with E-state index in [1.165, 1.54) is 0 Å². The number of halogens is 1. The van der Waals surface area contributed by atoms with Crippen molar-refractivity contribution in [1.29, 1.82) is 0 Å². The van der Waals surface area contributed by atoms with Gasteiger partial charge in [-0.2, -0.15) is 0 Å². The first-order valence-corrected chi connectivity index (χ1v) is 5.89. The molecule has 0 heterocycles. The third-order valence-electron chi connectivity index (χ3n) is 2.74. The summed E-state index contributed by atoms with van der Waals surface area (Å²) in [4.78, 5) is 0. The lowest BCUT2D eigenvalue weighted by molar-refractivity contribution is 1.07. The van der Waals surface area contributed by atoms with Gasteiger partial charge in [-0.3, -0.25) is 0 Å². The topological polar surface area (TPSA) is 38.0 Å².